The van der Waals surface area contributed by atoms with E-state index in [0.29, 0.717) is 11.1 Å². The number of benzene rings is 2. The summed E-state index contributed by atoms with van der Waals surface area (Å²) in [5.41, 5.74) is 0.544. The van der Waals surface area contributed by atoms with Crippen LogP contribution >= 0.6 is 11.6 Å². The Bertz CT molecular complexity index is 593. The zero-order valence-corrected chi connectivity index (χ0v) is 11.6. The lowest BCUT2D eigenvalue weighted by Gasteiger charge is -2.21. The predicted molar refractivity (Wildman–Crippen MR) is 74.4 cm³/mol. The Morgan fingerprint density at radius 3 is 2.15 bits per heavy atom. The Hall–Kier alpha value is -1.68. The SMILES string of the molecule is CN(Cc1ccccc1F)c1c(F)cc(CCl)cc1F. The van der Waals surface area contributed by atoms with E-state index in [1.807, 2.05) is 0 Å². The Labute approximate surface area is 120 Å². The van der Waals surface area contributed by atoms with Crippen molar-refractivity contribution in [3.05, 3.63) is 65.0 Å². The first kappa shape index (κ1) is 14.7. The van der Waals surface area contributed by atoms with Gasteiger partial charge in [0.1, 0.15) is 23.1 Å². The van der Waals surface area contributed by atoms with E-state index >= 15 is 0 Å². The van der Waals surface area contributed by atoms with Gasteiger partial charge in [0.25, 0.3) is 0 Å². The molecule has 0 fully saturated rings. The van der Waals surface area contributed by atoms with Crippen LogP contribution in [-0.2, 0) is 12.4 Å². The molecular weight excluding hydrogens is 287 g/mol. The van der Waals surface area contributed by atoms with Crippen molar-refractivity contribution in [2.24, 2.45) is 0 Å². The second kappa shape index (κ2) is 6.18. The van der Waals surface area contributed by atoms with Crippen LogP contribution in [0.2, 0.25) is 0 Å². The van der Waals surface area contributed by atoms with Gasteiger partial charge in [0.2, 0.25) is 0 Å². The molecule has 106 valence electrons. The Balaban J connectivity index is 2.30. The van der Waals surface area contributed by atoms with Gasteiger partial charge in [-0.3, -0.25) is 0 Å². The van der Waals surface area contributed by atoms with Gasteiger partial charge in [-0.05, 0) is 23.8 Å². The summed E-state index contributed by atoms with van der Waals surface area (Å²) in [4.78, 5) is 1.33. The standard InChI is InChI=1S/C15H13ClF3N/c1-20(9-11-4-2-3-5-12(11)17)15-13(18)6-10(8-16)7-14(15)19/h2-7H,8-9H2,1H3. The van der Waals surface area contributed by atoms with Crippen molar-refractivity contribution in [2.75, 3.05) is 11.9 Å². The fourth-order valence-corrected chi connectivity index (χ4v) is 2.18. The number of hydrogen-bond donors (Lipinski definition) is 0. The normalized spacial score (nSPS) is 10.7. The van der Waals surface area contributed by atoms with E-state index < -0.39 is 17.5 Å². The average Bonchev–Trinajstić information content (AvgIpc) is 2.40. The maximum absolute atomic E-state index is 13.9. The topological polar surface area (TPSA) is 3.24 Å². The Morgan fingerprint density at radius 1 is 1.00 bits per heavy atom. The van der Waals surface area contributed by atoms with Gasteiger partial charge in [-0.25, -0.2) is 13.2 Å². The number of alkyl halides is 1. The molecule has 2 aromatic rings. The van der Waals surface area contributed by atoms with E-state index in [9.17, 15) is 13.2 Å². The van der Waals surface area contributed by atoms with Crippen LogP contribution in [0.4, 0.5) is 18.9 Å². The van der Waals surface area contributed by atoms with Gasteiger partial charge >= 0.3 is 0 Å². The van der Waals surface area contributed by atoms with Crippen LogP contribution in [0.25, 0.3) is 0 Å². The van der Waals surface area contributed by atoms with Crippen LogP contribution in [0, 0.1) is 17.5 Å². The Kier molecular flexibility index (Phi) is 4.55. The number of halogens is 4. The summed E-state index contributed by atoms with van der Waals surface area (Å²) in [5.74, 6) is -1.79. The van der Waals surface area contributed by atoms with Gasteiger partial charge in [-0.1, -0.05) is 18.2 Å². The molecule has 2 rings (SSSR count). The largest absolute Gasteiger partial charge is 0.365 e. The fourth-order valence-electron chi connectivity index (χ4n) is 2.02. The van der Waals surface area contributed by atoms with Crippen LogP contribution < -0.4 is 4.90 Å². The summed E-state index contributed by atoms with van der Waals surface area (Å²) in [6.07, 6.45) is 0. The van der Waals surface area contributed by atoms with Gasteiger partial charge in [0.15, 0.2) is 0 Å². The van der Waals surface area contributed by atoms with Crippen LogP contribution in [0.3, 0.4) is 0 Å². The third kappa shape index (κ3) is 3.07. The molecule has 0 spiro atoms. The zero-order chi connectivity index (χ0) is 14.7. The summed E-state index contributed by atoms with van der Waals surface area (Å²) in [6.45, 7) is 0.0702. The van der Waals surface area contributed by atoms with Crippen LogP contribution in [0.1, 0.15) is 11.1 Å². The predicted octanol–water partition coefficient (Wildman–Crippen LogP) is 4.48. The lowest BCUT2D eigenvalue weighted by atomic mass is 10.1. The molecule has 0 atom stereocenters. The monoisotopic (exact) mass is 299 g/mol. The quantitative estimate of drug-likeness (QED) is 0.752. The molecule has 0 radical (unpaired) electrons. The minimum absolute atomic E-state index is 0.0329. The molecular formula is C15H13ClF3N. The molecule has 0 unspecified atom stereocenters. The molecule has 0 N–H and O–H groups in total. The highest BCUT2D eigenvalue weighted by Gasteiger charge is 2.16. The fraction of sp³-hybridized carbons (Fsp3) is 0.200. The lowest BCUT2D eigenvalue weighted by Crippen LogP contribution is -2.20. The van der Waals surface area contributed by atoms with Gasteiger partial charge in [0, 0.05) is 25.0 Å². The molecule has 0 heterocycles. The van der Waals surface area contributed by atoms with E-state index in [0.717, 1.165) is 0 Å². The molecule has 1 nitrogen and oxygen atoms in total. The van der Waals surface area contributed by atoms with Gasteiger partial charge < -0.3 is 4.90 Å². The highest BCUT2D eigenvalue weighted by Crippen LogP contribution is 2.26. The lowest BCUT2D eigenvalue weighted by molar-refractivity contribution is 0.569. The zero-order valence-electron chi connectivity index (χ0n) is 10.8. The molecule has 20 heavy (non-hydrogen) atoms. The third-order valence-corrected chi connectivity index (χ3v) is 3.29. The molecule has 0 saturated carbocycles. The van der Waals surface area contributed by atoms with Crippen molar-refractivity contribution >= 4 is 17.3 Å². The molecule has 0 aliphatic carbocycles. The number of nitrogens with zero attached hydrogens (tertiary/aromatic N) is 1. The van der Waals surface area contributed by atoms with Crippen molar-refractivity contribution in [3.63, 3.8) is 0 Å². The molecule has 5 heteroatoms. The summed E-state index contributed by atoms with van der Waals surface area (Å²) in [5, 5.41) is 0. The average molecular weight is 300 g/mol. The van der Waals surface area contributed by atoms with Crippen LogP contribution in [0.15, 0.2) is 36.4 Å². The minimum atomic E-state index is -0.709. The molecule has 0 aromatic heterocycles. The second-order valence-electron chi connectivity index (χ2n) is 4.49. The first-order chi connectivity index (χ1) is 9.52. The smallest absolute Gasteiger partial charge is 0.149 e. The highest BCUT2D eigenvalue weighted by molar-refractivity contribution is 6.17. The van der Waals surface area contributed by atoms with Gasteiger partial charge in [-0.2, -0.15) is 0 Å². The first-order valence-electron chi connectivity index (χ1n) is 6.01. The van der Waals surface area contributed by atoms with Gasteiger partial charge in [-0.15, -0.1) is 11.6 Å². The van der Waals surface area contributed by atoms with E-state index in [1.54, 1.807) is 18.2 Å². The first-order valence-corrected chi connectivity index (χ1v) is 6.54. The third-order valence-electron chi connectivity index (χ3n) is 2.98. The maximum Gasteiger partial charge on any atom is 0.149 e. The molecule has 0 aliphatic rings. The highest BCUT2D eigenvalue weighted by atomic mass is 35.5. The van der Waals surface area contributed by atoms with Crippen LogP contribution in [-0.4, -0.2) is 7.05 Å². The van der Waals surface area contributed by atoms with Crippen LogP contribution in [0.5, 0.6) is 0 Å². The van der Waals surface area contributed by atoms with E-state index in [-0.39, 0.29) is 18.1 Å². The summed E-state index contributed by atoms with van der Waals surface area (Å²) >= 11 is 5.56. The van der Waals surface area contributed by atoms with Crippen molar-refractivity contribution in [2.45, 2.75) is 12.4 Å². The maximum atomic E-state index is 13.9. The van der Waals surface area contributed by atoms with Crippen molar-refractivity contribution < 1.29 is 13.2 Å². The number of hydrogen-bond acceptors (Lipinski definition) is 1. The second-order valence-corrected chi connectivity index (χ2v) is 4.76. The number of rotatable bonds is 4. The summed E-state index contributed by atoms with van der Waals surface area (Å²) < 4.78 is 41.4. The number of anilines is 1. The summed E-state index contributed by atoms with van der Waals surface area (Å²) in [7, 11) is 1.51. The van der Waals surface area contributed by atoms with E-state index in [4.69, 9.17) is 11.6 Å². The molecule has 0 saturated heterocycles. The molecule has 0 bridgehead atoms. The Morgan fingerprint density at radius 2 is 1.60 bits per heavy atom. The summed E-state index contributed by atoms with van der Waals surface area (Å²) in [6, 6.07) is 8.50. The van der Waals surface area contributed by atoms with E-state index in [1.165, 1.54) is 30.1 Å². The van der Waals surface area contributed by atoms with E-state index in [2.05, 4.69) is 0 Å². The van der Waals surface area contributed by atoms with Crippen molar-refractivity contribution in [1.82, 2.24) is 0 Å². The minimum Gasteiger partial charge on any atom is -0.365 e. The molecule has 2 aromatic carbocycles. The molecule has 0 aliphatic heterocycles. The molecule has 0 amide bonds. The van der Waals surface area contributed by atoms with Crippen molar-refractivity contribution in [3.8, 4) is 0 Å². The van der Waals surface area contributed by atoms with Gasteiger partial charge in [0.05, 0.1) is 0 Å². The van der Waals surface area contributed by atoms with Crippen molar-refractivity contribution in [1.29, 1.82) is 0 Å².